The molecule has 0 bridgehead atoms. The molecular formula is C21H22N4O2S. The van der Waals surface area contributed by atoms with Crippen LogP contribution in [-0.4, -0.2) is 19.7 Å². The van der Waals surface area contributed by atoms with E-state index in [1.54, 1.807) is 28.2 Å². The number of rotatable bonds is 4. The first-order valence-corrected chi connectivity index (χ1v) is 9.70. The molecule has 0 aliphatic rings. The summed E-state index contributed by atoms with van der Waals surface area (Å²) in [6, 6.07) is 4.91. The molecule has 0 saturated carbocycles. The second kappa shape index (κ2) is 7.56. The van der Waals surface area contributed by atoms with Crippen molar-refractivity contribution in [3.63, 3.8) is 0 Å². The first kappa shape index (κ1) is 19.8. The highest BCUT2D eigenvalue weighted by Crippen LogP contribution is 2.31. The molecule has 1 aromatic carbocycles. The zero-order chi connectivity index (χ0) is 20.5. The van der Waals surface area contributed by atoms with Crippen LogP contribution in [0.25, 0.3) is 11.3 Å². The lowest BCUT2D eigenvalue weighted by atomic mass is 9.96. The zero-order valence-corrected chi connectivity index (χ0v) is 17.4. The van der Waals surface area contributed by atoms with Gasteiger partial charge < -0.3 is 0 Å². The number of hydrogen-bond donors (Lipinski definition) is 0. The van der Waals surface area contributed by atoms with Crippen molar-refractivity contribution in [2.45, 2.75) is 34.1 Å². The molecule has 0 saturated heterocycles. The van der Waals surface area contributed by atoms with Crippen LogP contribution in [0, 0.1) is 34.3 Å². The van der Waals surface area contributed by atoms with Gasteiger partial charge >= 0.3 is 0 Å². The molecule has 2 aromatic heterocycles. The molecule has 0 fully saturated rings. The van der Waals surface area contributed by atoms with E-state index in [2.05, 4.69) is 21.9 Å². The Labute approximate surface area is 168 Å². The van der Waals surface area contributed by atoms with Crippen molar-refractivity contribution in [2.75, 3.05) is 0 Å². The summed E-state index contributed by atoms with van der Waals surface area (Å²) >= 11 is 1.62. The highest BCUT2D eigenvalue weighted by atomic mass is 32.1. The topological polar surface area (TPSA) is 73.8 Å². The highest BCUT2D eigenvalue weighted by Gasteiger charge is 2.19. The predicted octanol–water partition coefficient (Wildman–Crippen LogP) is 4.75. The van der Waals surface area contributed by atoms with Gasteiger partial charge in [0.1, 0.15) is 5.69 Å². The minimum atomic E-state index is -0.385. The molecule has 3 aromatic rings. The minimum Gasteiger partial charge on any atom is -0.274 e. The number of hydrogen-bond acceptors (Lipinski definition) is 5. The highest BCUT2D eigenvalue weighted by molar-refractivity contribution is 7.11. The van der Waals surface area contributed by atoms with Crippen LogP contribution < -0.4 is 0 Å². The SMILES string of the molecule is Cc1cnc(Cc2ccc([N+](=O)[O-])cc2-c2nn(C)cc2C#CC(C)(C)C)s1. The number of benzene rings is 1. The van der Waals surface area contributed by atoms with Gasteiger partial charge in [-0.3, -0.25) is 14.8 Å². The monoisotopic (exact) mass is 394 g/mol. The summed E-state index contributed by atoms with van der Waals surface area (Å²) in [7, 11) is 1.83. The Bertz CT molecular complexity index is 1090. The zero-order valence-electron chi connectivity index (χ0n) is 16.6. The van der Waals surface area contributed by atoms with E-state index in [0.717, 1.165) is 26.6 Å². The molecule has 144 valence electrons. The van der Waals surface area contributed by atoms with E-state index in [0.29, 0.717) is 12.1 Å². The molecular weight excluding hydrogens is 372 g/mol. The average molecular weight is 395 g/mol. The standard InChI is InChI=1S/C21H22N4O2S/c1-14-12-22-19(28-14)10-15-6-7-17(25(26)27)11-18(15)20-16(13-24(5)23-20)8-9-21(2,3)4/h6-7,11-13H,10H2,1-5H3. The molecule has 0 unspecified atom stereocenters. The third kappa shape index (κ3) is 4.65. The normalized spacial score (nSPS) is 11.2. The minimum absolute atomic E-state index is 0.0365. The Hall–Kier alpha value is -2.98. The van der Waals surface area contributed by atoms with Gasteiger partial charge in [0.15, 0.2) is 0 Å². The van der Waals surface area contributed by atoms with Crippen molar-refractivity contribution in [3.8, 4) is 23.1 Å². The molecule has 2 heterocycles. The molecule has 0 atom stereocenters. The number of nitro benzene ring substituents is 1. The molecule has 0 radical (unpaired) electrons. The number of aromatic nitrogens is 3. The summed E-state index contributed by atoms with van der Waals surface area (Å²) in [6.45, 7) is 8.13. The maximum atomic E-state index is 11.3. The van der Waals surface area contributed by atoms with Crippen molar-refractivity contribution < 1.29 is 4.92 Å². The third-order valence-electron chi connectivity index (χ3n) is 3.97. The fraction of sp³-hybridized carbons (Fsp3) is 0.333. The molecule has 3 rings (SSSR count). The molecule has 0 amide bonds. The van der Waals surface area contributed by atoms with Gasteiger partial charge in [-0.2, -0.15) is 5.10 Å². The Kier molecular flexibility index (Phi) is 5.34. The van der Waals surface area contributed by atoms with Crippen LogP contribution >= 0.6 is 11.3 Å². The average Bonchev–Trinajstić information content (AvgIpc) is 3.18. The summed E-state index contributed by atoms with van der Waals surface area (Å²) in [5.74, 6) is 6.42. The second-order valence-electron chi connectivity index (χ2n) is 7.71. The summed E-state index contributed by atoms with van der Waals surface area (Å²) < 4.78 is 1.69. The molecule has 6 nitrogen and oxygen atoms in total. The van der Waals surface area contributed by atoms with Crippen molar-refractivity contribution in [1.82, 2.24) is 14.8 Å². The number of nitro groups is 1. The molecule has 0 aliphatic heterocycles. The van der Waals surface area contributed by atoms with E-state index >= 15 is 0 Å². The number of aryl methyl sites for hydroxylation is 2. The lowest BCUT2D eigenvalue weighted by Gasteiger charge is -2.08. The molecule has 7 heteroatoms. The van der Waals surface area contributed by atoms with Crippen LogP contribution in [0.3, 0.4) is 0 Å². The van der Waals surface area contributed by atoms with E-state index in [1.165, 1.54) is 6.07 Å². The first-order chi connectivity index (χ1) is 13.1. The number of non-ortho nitro benzene ring substituents is 1. The summed E-state index contributed by atoms with van der Waals surface area (Å²) in [4.78, 5) is 16.5. The Morgan fingerprint density at radius 3 is 2.68 bits per heavy atom. The molecule has 0 N–H and O–H groups in total. The van der Waals surface area contributed by atoms with Crippen molar-refractivity contribution in [3.05, 3.63) is 61.7 Å². The Balaban J connectivity index is 2.15. The van der Waals surface area contributed by atoms with Crippen molar-refractivity contribution >= 4 is 17.0 Å². The van der Waals surface area contributed by atoms with Crippen LogP contribution in [0.4, 0.5) is 5.69 Å². The Morgan fingerprint density at radius 1 is 1.32 bits per heavy atom. The summed E-state index contributed by atoms with van der Waals surface area (Å²) in [5.41, 5.74) is 2.96. The van der Waals surface area contributed by atoms with Gasteiger partial charge in [0, 0.05) is 53.9 Å². The quantitative estimate of drug-likeness (QED) is 0.364. The lowest BCUT2D eigenvalue weighted by Crippen LogP contribution is -2.00. The van der Waals surface area contributed by atoms with Gasteiger partial charge in [-0.25, -0.2) is 4.98 Å². The van der Waals surface area contributed by atoms with Gasteiger partial charge in [0.25, 0.3) is 5.69 Å². The second-order valence-corrected chi connectivity index (χ2v) is 9.02. The van der Waals surface area contributed by atoms with Gasteiger partial charge in [-0.15, -0.1) is 11.3 Å². The van der Waals surface area contributed by atoms with E-state index < -0.39 is 0 Å². The van der Waals surface area contributed by atoms with Gasteiger partial charge in [0.2, 0.25) is 0 Å². The fourth-order valence-corrected chi connectivity index (χ4v) is 3.54. The van der Waals surface area contributed by atoms with Crippen molar-refractivity contribution in [2.24, 2.45) is 12.5 Å². The number of nitrogens with zero attached hydrogens (tertiary/aromatic N) is 4. The maximum absolute atomic E-state index is 11.3. The van der Waals surface area contributed by atoms with E-state index in [9.17, 15) is 10.1 Å². The van der Waals surface area contributed by atoms with Crippen LogP contribution in [0.1, 0.15) is 41.8 Å². The maximum Gasteiger partial charge on any atom is 0.270 e. The third-order valence-corrected chi connectivity index (χ3v) is 4.88. The summed E-state index contributed by atoms with van der Waals surface area (Å²) in [6.07, 6.45) is 4.28. The molecule has 0 spiro atoms. The van der Waals surface area contributed by atoms with Crippen LogP contribution in [0.15, 0.2) is 30.6 Å². The van der Waals surface area contributed by atoms with Gasteiger partial charge in [0.05, 0.1) is 15.5 Å². The van der Waals surface area contributed by atoms with Crippen LogP contribution in [-0.2, 0) is 13.5 Å². The molecule has 28 heavy (non-hydrogen) atoms. The van der Waals surface area contributed by atoms with Crippen LogP contribution in [0.2, 0.25) is 0 Å². The first-order valence-electron chi connectivity index (χ1n) is 8.88. The number of thiazole rings is 1. The van der Waals surface area contributed by atoms with Gasteiger partial charge in [-0.1, -0.05) is 17.9 Å². The van der Waals surface area contributed by atoms with Crippen LogP contribution in [0.5, 0.6) is 0 Å². The predicted molar refractivity (Wildman–Crippen MR) is 111 cm³/mol. The van der Waals surface area contributed by atoms with E-state index in [4.69, 9.17) is 0 Å². The van der Waals surface area contributed by atoms with Gasteiger partial charge in [-0.05, 0) is 33.3 Å². The molecule has 0 aliphatic carbocycles. The lowest BCUT2D eigenvalue weighted by molar-refractivity contribution is -0.384. The van der Waals surface area contributed by atoms with E-state index in [1.807, 2.05) is 47.1 Å². The smallest absolute Gasteiger partial charge is 0.270 e. The largest absolute Gasteiger partial charge is 0.274 e. The van der Waals surface area contributed by atoms with Crippen molar-refractivity contribution in [1.29, 1.82) is 0 Å². The fourth-order valence-electron chi connectivity index (χ4n) is 2.73. The van der Waals surface area contributed by atoms with E-state index in [-0.39, 0.29) is 16.0 Å². The Morgan fingerprint density at radius 2 is 2.07 bits per heavy atom. The summed E-state index contributed by atoms with van der Waals surface area (Å²) in [5, 5.41) is 16.9.